The van der Waals surface area contributed by atoms with Crippen molar-refractivity contribution in [1.82, 2.24) is 14.4 Å². The molecule has 0 spiro atoms. The number of hydrogen-bond donors (Lipinski definition) is 1. The minimum atomic E-state index is -0.792. The highest BCUT2D eigenvalue weighted by Crippen LogP contribution is 2.38. The van der Waals surface area contributed by atoms with Crippen LogP contribution in [0.25, 0.3) is 0 Å². The average Bonchev–Trinajstić information content (AvgIpc) is 2.99. The molecule has 2 saturated heterocycles. The summed E-state index contributed by atoms with van der Waals surface area (Å²) in [5.74, 6) is 0.130. The lowest BCUT2D eigenvalue weighted by Gasteiger charge is -2.50. The number of likely N-dealkylation sites (tertiary alicyclic amines) is 2. The first kappa shape index (κ1) is 18.1. The largest absolute Gasteiger partial charge is 0.389 e. The van der Waals surface area contributed by atoms with Crippen LogP contribution < -0.4 is 0 Å². The van der Waals surface area contributed by atoms with Gasteiger partial charge in [0, 0.05) is 51.3 Å². The van der Waals surface area contributed by atoms with E-state index in [4.69, 9.17) is 5.26 Å². The van der Waals surface area contributed by atoms with Gasteiger partial charge in [-0.2, -0.15) is 5.26 Å². The lowest BCUT2D eigenvalue weighted by molar-refractivity contribution is -0.151. The predicted octanol–water partition coefficient (Wildman–Crippen LogP) is 1.12. The van der Waals surface area contributed by atoms with Gasteiger partial charge >= 0.3 is 0 Å². The summed E-state index contributed by atoms with van der Waals surface area (Å²) in [4.78, 5) is 29.2. The number of nitrogens with zero attached hydrogens (tertiary/aromatic N) is 4. The second-order valence-electron chi connectivity index (χ2n) is 8.30. The van der Waals surface area contributed by atoms with Gasteiger partial charge in [-0.1, -0.05) is 6.42 Å². The monoisotopic (exact) mass is 370 g/mol. The van der Waals surface area contributed by atoms with Gasteiger partial charge < -0.3 is 19.5 Å². The Hall–Kier alpha value is -2.33. The van der Waals surface area contributed by atoms with Crippen LogP contribution in [-0.2, 0) is 11.8 Å². The number of carbonyl (C=O) groups is 2. The molecule has 2 aliphatic heterocycles. The number of rotatable bonds is 2. The number of nitriles is 1. The predicted molar refractivity (Wildman–Crippen MR) is 97.6 cm³/mol. The average molecular weight is 370 g/mol. The number of carbonyl (C=O) groups excluding carboxylic acids is 2. The third-order valence-electron chi connectivity index (χ3n) is 6.68. The molecule has 1 aliphatic carbocycles. The number of piperidine rings is 2. The fourth-order valence-electron chi connectivity index (χ4n) is 4.60. The zero-order valence-electron chi connectivity index (χ0n) is 15.7. The van der Waals surface area contributed by atoms with E-state index in [1.165, 1.54) is 0 Å². The van der Waals surface area contributed by atoms with Crippen molar-refractivity contribution < 1.29 is 14.7 Å². The van der Waals surface area contributed by atoms with Crippen LogP contribution in [0.3, 0.4) is 0 Å². The van der Waals surface area contributed by atoms with Gasteiger partial charge in [-0.15, -0.1) is 0 Å². The molecule has 0 unspecified atom stereocenters. The lowest BCUT2D eigenvalue weighted by Crippen LogP contribution is -2.62. The summed E-state index contributed by atoms with van der Waals surface area (Å²) in [7, 11) is 1.76. The molecule has 3 fully saturated rings. The Bertz CT molecular complexity index is 807. The van der Waals surface area contributed by atoms with Crippen LogP contribution in [0.15, 0.2) is 12.3 Å². The van der Waals surface area contributed by atoms with E-state index in [1.54, 1.807) is 28.8 Å². The summed E-state index contributed by atoms with van der Waals surface area (Å²) in [6.45, 7) is 2.07. The fraction of sp³-hybridized carbons (Fsp3) is 0.650. The summed E-state index contributed by atoms with van der Waals surface area (Å²) in [5.41, 5.74) is 0.152. The minimum Gasteiger partial charge on any atom is -0.389 e. The normalized spacial score (nSPS) is 28.3. The molecule has 4 rings (SSSR count). The molecule has 0 aromatic carbocycles. The molecule has 7 heteroatoms. The van der Waals surface area contributed by atoms with Crippen molar-refractivity contribution in [3.05, 3.63) is 23.5 Å². The van der Waals surface area contributed by atoms with Gasteiger partial charge in [0.2, 0.25) is 5.91 Å². The molecular formula is C20H26N4O3. The lowest BCUT2D eigenvalue weighted by atomic mass is 9.74. The van der Waals surface area contributed by atoms with Crippen LogP contribution in [0.4, 0.5) is 0 Å². The Kier molecular flexibility index (Phi) is 4.47. The van der Waals surface area contributed by atoms with Crippen molar-refractivity contribution in [1.29, 1.82) is 5.26 Å². The van der Waals surface area contributed by atoms with Crippen molar-refractivity contribution in [3.8, 4) is 6.07 Å². The molecule has 3 heterocycles. The number of aryl methyl sites for hydroxylation is 1. The molecule has 1 aromatic rings. The summed E-state index contributed by atoms with van der Waals surface area (Å²) >= 11 is 0. The van der Waals surface area contributed by atoms with Gasteiger partial charge in [-0.3, -0.25) is 9.59 Å². The van der Waals surface area contributed by atoms with Crippen LogP contribution >= 0.6 is 0 Å². The van der Waals surface area contributed by atoms with E-state index in [0.29, 0.717) is 50.3 Å². The minimum absolute atomic E-state index is 0.122. The SMILES string of the molecule is Cn1cc(C#N)cc1C(=O)N1CC[C@@]2(O)CCN(C(=O)C3CCC3)C[C@H]2C1. The molecular weight excluding hydrogens is 344 g/mol. The van der Waals surface area contributed by atoms with Crippen LogP contribution in [0.5, 0.6) is 0 Å². The fourth-order valence-corrected chi connectivity index (χ4v) is 4.60. The molecule has 1 N–H and O–H groups in total. The first-order chi connectivity index (χ1) is 12.9. The van der Waals surface area contributed by atoms with Gasteiger partial charge in [0.25, 0.3) is 5.91 Å². The Balaban J connectivity index is 1.47. The Morgan fingerprint density at radius 1 is 1.22 bits per heavy atom. The first-order valence-corrected chi connectivity index (χ1v) is 9.78. The number of aromatic nitrogens is 1. The van der Waals surface area contributed by atoms with Crippen LogP contribution in [0.2, 0.25) is 0 Å². The Morgan fingerprint density at radius 2 is 1.89 bits per heavy atom. The highest BCUT2D eigenvalue weighted by atomic mass is 16.3. The second-order valence-corrected chi connectivity index (χ2v) is 8.30. The maximum atomic E-state index is 12.9. The maximum Gasteiger partial charge on any atom is 0.270 e. The van der Waals surface area contributed by atoms with Gasteiger partial charge in [-0.25, -0.2) is 0 Å². The van der Waals surface area contributed by atoms with Crippen molar-refractivity contribution >= 4 is 11.8 Å². The molecule has 2 atom stereocenters. The molecule has 7 nitrogen and oxygen atoms in total. The van der Waals surface area contributed by atoms with Gasteiger partial charge in [0.1, 0.15) is 11.8 Å². The van der Waals surface area contributed by atoms with Crippen molar-refractivity contribution in [3.63, 3.8) is 0 Å². The summed E-state index contributed by atoms with van der Waals surface area (Å²) in [6, 6.07) is 3.67. The van der Waals surface area contributed by atoms with Crippen molar-refractivity contribution in [2.75, 3.05) is 26.2 Å². The number of hydrogen-bond acceptors (Lipinski definition) is 4. The molecule has 27 heavy (non-hydrogen) atoms. The number of amides is 2. The van der Waals surface area contributed by atoms with Crippen LogP contribution in [-0.4, -0.2) is 63.1 Å². The first-order valence-electron chi connectivity index (χ1n) is 9.78. The van der Waals surface area contributed by atoms with E-state index in [2.05, 4.69) is 6.07 Å². The highest BCUT2D eigenvalue weighted by Gasteiger charge is 2.47. The molecule has 0 bridgehead atoms. The maximum absolute atomic E-state index is 12.9. The zero-order valence-corrected chi connectivity index (χ0v) is 15.7. The smallest absolute Gasteiger partial charge is 0.270 e. The third-order valence-corrected chi connectivity index (χ3v) is 6.68. The molecule has 0 radical (unpaired) electrons. The zero-order chi connectivity index (χ0) is 19.2. The Labute approximate surface area is 159 Å². The van der Waals surface area contributed by atoms with Crippen LogP contribution in [0.1, 0.15) is 48.2 Å². The third kappa shape index (κ3) is 3.12. The number of fused-ring (bicyclic) bond motifs is 1. The van der Waals surface area contributed by atoms with Crippen molar-refractivity contribution in [2.45, 2.75) is 37.7 Å². The van der Waals surface area contributed by atoms with Gasteiger partial charge in [0.15, 0.2) is 0 Å². The second kappa shape index (κ2) is 6.68. The summed E-state index contributed by atoms with van der Waals surface area (Å²) in [6.07, 6.45) is 5.84. The topological polar surface area (TPSA) is 89.6 Å². The van der Waals surface area contributed by atoms with E-state index < -0.39 is 5.60 Å². The van der Waals surface area contributed by atoms with E-state index in [9.17, 15) is 14.7 Å². The van der Waals surface area contributed by atoms with E-state index >= 15 is 0 Å². The summed E-state index contributed by atoms with van der Waals surface area (Å²) in [5, 5.41) is 20.1. The van der Waals surface area contributed by atoms with Crippen LogP contribution in [0, 0.1) is 23.2 Å². The standard InChI is InChI=1S/C20H26N4O3/c1-22-11-14(10-21)9-17(22)19(26)24-8-6-20(27)5-7-23(12-16(20)13-24)18(25)15-3-2-4-15/h9,11,15-16,27H,2-8,12-13H2,1H3/t16-,20-/m0/s1. The highest BCUT2D eigenvalue weighted by molar-refractivity contribution is 5.93. The Morgan fingerprint density at radius 3 is 2.48 bits per heavy atom. The summed E-state index contributed by atoms with van der Waals surface area (Å²) < 4.78 is 1.68. The molecule has 144 valence electrons. The van der Waals surface area contributed by atoms with Crippen molar-refractivity contribution in [2.24, 2.45) is 18.9 Å². The van der Waals surface area contributed by atoms with E-state index in [0.717, 1.165) is 19.3 Å². The quantitative estimate of drug-likeness (QED) is 0.845. The molecule has 3 aliphatic rings. The van der Waals surface area contributed by atoms with Gasteiger partial charge in [0.05, 0.1) is 11.2 Å². The number of aliphatic hydroxyl groups is 1. The van der Waals surface area contributed by atoms with E-state index in [1.807, 2.05) is 4.90 Å². The molecule has 1 saturated carbocycles. The van der Waals surface area contributed by atoms with Gasteiger partial charge in [-0.05, 0) is 31.7 Å². The molecule has 1 aromatic heterocycles. The molecule has 2 amide bonds. The van der Waals surface area contributed by atoms with E-state index in [-0.39, 0.29) is 23.7 Å².